The Morgan fingerprint density at radius 3 is 2.65 bits per heavy atom. The Morgan fingerprint density at radius 2 is 2.24 bits per heavy atom. The van der Waals surface area contributed by atoms with Gasteiger partial charge >= 0.3 is 12.1 Å². The number of nitrogens with zero attached hydrogens (tertiary/aromatic N) is 2. The lowest BCUT2D eigenvalue weighted by Gasteiger charge is -2.09. The molecule has 2 N–H and O–H groups in total. The fourth-order valence-corrected chi connectivity index (χ4v) is 1.60. The van der Waals surface area contributed by atoms with Gasteiger partial charge in [0.05, 0.1) is 0 Å². The average molecular weight is 267 g/mol. The molecule has 0 aromatic carbocycles. The number of halogens is 3. The molecule has 0 saturated heterocycles. The maximum Gasteiger partial charge on any atom is 0.445 e. The molecular formula is C8H8F3N3O2S. The van der Waals surface area contributed by atoms with Crippen LogP contribution in [0.25, 0.3) is 0 Å². The third kappa shape index (κ3) is 3.70. The minimum atomic E-state index is -4.57. The summed E-state index contributed by atoms with van der Waals surface area (Å²) in [6.45, 7) is 3.35. The molecule has 0 aliphatic carbocycles. The summed E-state index contributed by atoms with van der Waals surface area (Å²) in [5.74, 6) is -1.20. The largest absolute Gasteiger partial charge is 0.480 e. The van der Waals surface area contributed by atoms with Crippen LogP contribution in [0.3, 0.4) is 0 Å². The standard InChI is InChI=1S/C8H8F3N3O2S/c1-2-3-4(5(15)16)12-7-14-13-6(17-7)8(9,10)11/h2,4H,1,3H2,(H,12,14)(H,15,16). The third-order valence-corrected chi connectivity index (χ3v) is 2.56. The Balaban J connectivity index is 2.77. The van der Waals surface area contributed by atoms with Crippen molar-refractivity contribution in [2.75, 3.05) is 5.32 Å². The van der Waals surface area contributed by atoms with Gasteiger partial charge in [-0.15, -0.1) is 16.8 Å². The zero-order valence-corrected chi connectivity index (χ0v) is 9.18. The lowest BCUT2D eigenvalue weighted by Crippen LogP contribution is -2.28. The summed E-state index contributed by atoms with van der Waals surface area (Å²) in [6.07, 6.45) is -3.16. The van der Waals surface area contributed by atoms with E-state index < -0.39 is 23.2 Å². The van der Waals surface area contributed by atoms with Gasteiger partial charge < -0.3 is 10.4 Å². The van der Waals surface area contributed by atoms with Gasteiger partial charge in [0.25, 0.3) is 0 Å². The average Bonchev–Trinajstić information content (AvgIpc) is 2.64. The maximum absolute atomic E-state index is 12.2. The summed E-state index contributed by atoms with van der Waals surface area (Å²) in [4.78, 5) is 10.7. The van der Waals surface area contributed by atoms with Gasteiger partial charge in [-0.1, -0.05) is 17.4 Å². The van der Waals surface area contributed by atoms with Crippen molar-refractivity contribution in [2.45, 2.75) is 18.6 Å². The van der Waals surface area contributed by atoms with E-state index in [2.05, 4.69) is 22.1 Å². The lowest BCUT2D eigenvalue weighted by atomic mass is 10.2. The number of carboxylic acid groups (broad SMARTS) is 1. The third-order valence-electron chi connectivity index (χ3n) is 1.67. The van der Waals surface area contributed by atoms with Crippen molar-refractivity contribution >= 4 is 22.4 Å². The van der Waals surface area contributed by atoms with E-state index in [-0.39, 0.29) is 22.9 Å². The van der Waals surface area contributed by atoms with Gasteiger partial charge in [-0.05, 0) is 6.42 Å². The van der Waals surface area contributed by atoms with Gasteiger partial charge in [0.15, 0.2) is 0 Å². The number of carbonyl (C=O) groups is 1. The predicted molar refractivity (Wildman–Crippen MR) is 54.8 cm³/mol. The second kappa shape index (κ2) is 5.13. The second-order valence-corrected chi connectivity index (χ2v) is 3.95. The van der Waals surface area contributed by atoms with E-state index in [9.17, 15) is 18.0 Å². The van der Waals surface area contributed by atoms with Crippen molar-refractivity contribution in [2.24, 2.45) is 0 Å². The van der Waals surface area contributed by atoms with Crippen LogP contribution in [0, 0.1) is 0 Å². The Labute approximate surface area is 98.0 Å². The van der Waals surface area contributed by atoms with Gasteiger partial charge in [-0.25, -0.2) is 4.79 Å². The highest BCUT2D eigenvalue weighted by Gasteiger charge is 2.36. The topological polar surface area (TPSA) is 75.1 Å². The molecule has 0 amide bonds. The number of alkyl halides is 3. The van der Waals surface area contributed by atoms with Crippen LogP contribution in [-0.2, 0) is 11.0 Å². The van der Waals surface area contributed by atoms with Crippen LogP contribution in [0.1, 0.15) is 11.4 Å². The zero-order valence-electron chi connectivity index (χ0n) is 8.36. The van der Waals surface area contributed by atoms with Crippen molar-refractivity contribution < 1.29 is 23.1 Å². The molecule has 17 heavy (non-hydrogen) atoms. The number of nitrogens with one attached hydrogen (secondary N) is 1. The van der Waals surface area contributed by atoms with E-state index in [0.717, 1.165) is 0 Å². The van der Waals surface area contributed by atoms with Gasteiger partial charge in [0.2, 0.25) is 10.1 Å². The molecule has 0 bridgehead atoms. The van der Waals surface area contributed by atoms with Crippen molar-refractivity contribution in [3.05, 3.63) is 17.7 Å². The minimum Gasteiger partial charge on any atom is -0.480 e. The SMILES string of the molecule is C=CCC(Nc1nnc(C(F)(F)F)s1)C(=O)O. The van der Waals surface area contributed by atoms with Crippen molar-refractivity contribution in [3.8, 4) is 0 Å². The van der Waals surface area contributed by atoms with E-state index >= 15 is 0 Å². The van der Waals surface area contributed by atoms with Gasteiger partial charge in [-0.2, -0.15) is 13.2 Å². The number of aromatic nitrogens is 2. The first kappa shape index (κ1) is 13.4. The highest BCUT2D eigenvalue weighted by Crippen LogP contribution is 2.33. The van der Waals surface area contributed by atoms with Crippen LogP contribution in [0.15, 0.2) is 12.7 Å². The van der Waals surface area contributed by atoms with Crippen molar-refractivity contribution in [3.63, 3.8) is 0 Å². The Morgan fingerprint density at radius 1 is 1.59 bits per heavy atom. The Kier molecular flexibility index (Phi) is 4.05. The molecule has 1 unspecified atom stereocenters. The molecule has 5 nitrogen and oxygen atoms in total. The van der Waals surface area contributed by atoms with Crippen LogP contribution < -0.4 is 5.32 Å². The summed E-state index contributed by atoms with van der Waals surface area (Å²) in [7, 11) is 0. The fourth-order valence-electron chi connectivity index (χ4n) is 0.933. The molecule has 9 heteroatoms. The number of hydrogen-bond donors (Lipinski definition) is 2. The van der Waals surface area contributed by atoms with Crippen LogP contribution in [0.2, 0.25) is 0 Å². The van der Waals surface area contributed by atoms with Gasteiger partial charge in [-0.3, -0.25) is 0 Å². The summed E-state index contributed by atoms with van der Waals surface area (Å²) in [6, 6.07) is -1.07. The number of hydrogen-bond acceptors (Lipinski definition) is 5. The van der Waals surface area contributed by atoms with E-state index in [0.29, 0.717) is 0 Å². The van der Waals surface area contributed by atoms with Crippen molar-refractivity contribution in [1.82, 2.24) is 10.2 Å². The summed E-state index contributed by atoms with van der Waals surface area (Å²) in [5, 5.41) is 15.9. The number of carboxylic acids is 1. The summed E-state index contributed by atoms with van der Waals surface area (Å²) < 4.78 is 36.6. The molecule has 0 aliphatic heterocycles. The zero-order chi connectivity index (χ0) is 13.1. The van der Waals surface area contributed by atoms with Crippen LogP contribution in [0.5, 0.6) is 0 Å². The predicted octanol–water partition coefficient (Wildman–Crippen LogP) is 2.00. The normalized spacial score (nSPS) is 13.1. The molecular weight excluding hydrogens is 259 g/mol. The van der Waals surface area contributed by atoms with E-state index in [4.69, 9.17) is 5.11 Å². The van der Waals surface area contributed by atoms with Gasteiger partial charge in [0.1, 0.15) is 6.04 Å². The molecule has 0 spiro atoms. The van der Waals surface area contributed by atoms with E-state index in [1.165, 1.54) is 6.08 Å². The maximum atomic E-state index is 12.2. The first-order valence-electron chi connectivity index (χ1n) is 4.35. The Bertz CT molecular complexity index is 418. The highest BCUT2D eigenvalue weighted by atomic mass is 32.1. The lowest BCUT2D eigenvalue weighted by molar-refractivity contribution is -0.138. The summed E-state index contributed by atoms with van der Waals surface area (Å²) in [5.41, 5.74) is 0. The molecule has 0 radical (unpaired) electrons. The molecule has 94 valence electrons. The molecule has 1 heterocycles. The minimum absolute atomic E-state index is 0.0657. The highest BCUT2D eigenvalue weighted by molar-refractivity contribution is 7.15. The molecule has 1 atom stereocenters. The quantitative estimate of drug-likeness (QED) is 0.798. The monoisotopic (exact) mass is 267 g/mol. The number of anilines is 1. The van der Waals surface area contributed by atoms with Crippen LogP contribution in [0.4, 0.5) is 18.3 Å². The first-order valence-corrected chi connectivity index (χ1v) is 5.17. The van der Waals surface area contributed by atoms with Gasteiger partial charge in [0, 0.05) is 0 Å². The summed E-state index contributed by atoms with van der Waals surface area (Å²) >= 11 is 0.255. The van der Waals surface area contributed by atoms with Crippen molar-refractivity contribution in [1.29, 1.82) is 0 Å². The first-order chi connectivity index (χ1) is 7.84. The fraction of sp³-hybridized carbons (Fsp3) is 0.375. The molecule has 0 saturated carbocycles. The Hall–Kier alpha value is -1.64. The van der Waals surface area contributed by atoms with Crippen LogP contribution in [-0.4, -0.2) is 27.3 Å². The van der Waals surface area contributed by atoms with Crippen LogP contribution >= 0.6 is 11.3 Å². The molecule has 0 fully saturated rings. The molecule has 1 aromatic rings. The number of rotatable bonds is 5. The molecule has 1 rings (SSSR count). The molecule has 1 aromatic heterocycles. The van der Waals surface area contributed by atoms with E-state index in [1.807, 2.05) is 0 Å². The second-order valence-electron chi connectivity index (χ2n) is 2.97. The molecule has 0 aliphatic rings. The number of aliphatic carboxylic acids is 1. The smallest absolute Gasteiger partial charge is 0.445 e. The van der Waals surface area contributed by atoms with E-state index in [1.54, 1.807) is 0 Å².